The highest BCUT2D eigenvalue weighted by molar-refractivity contribution is 5.96. The van der Waals surface area contributed by atoms with Crippen molar-refractivity contribution in [2.24, 2.45) is 0 Å². The van der Waals surface area contributed by atoms with Crippen LogP contribution in [0.25, 0.3) is 22.0 Å². The van der Waals surface area contributed by atoms with Crippen LogP contribution in [0.3, 0.4) is 0 Å². The highest BCUT2D eigenvalue weighted by Gasteiger charge is 2.24. The molecule has 1 amide bonds. The Morgan fingerprint density at radius 3 is 2.75 bits per heavy atom. The van der Waals surface area contributed by atoms with Crippen LogP contribution in [0.2, 0.25) is 0 Å². The summed E-state index contributed by atoms with van der Waals surface area (Å²) < 4.78 is 0. The first-order valence-corrected chi connectivity index (χ1v) is 9.14. The van der Waals surface area contributed by atoms with Crippen molar-refractivity contribution >= 4 is 28.7 Å². The number of nitrogens with zero attached hydrogens (tertiary/aromatic N) is 2. The fourth-order valence-corrected chi connectivity index (χ4v) is 3.01. The number of aromatic nitrogens is 2. The van der Waals surface area contributed by atoms with E-state index >= 15 is 0 Å². The molecule has 7 heteroatoms. The van der Waals surface area contributed by atoms with Crippen LogP contribution in [-0.2, 0) is 4.79 Å². The van der Waals surface area contributed by atoms with Gasteiger partial charge in [-0.25, -0.2) is 9.97 Å². The molecule has 0 spiro atoms. The molecule has 1 aliphatic carbocycles. The highest BCUT2D eigenvalue weighted by Crippen LogP contribution is 2.28. The van der Waals surface area contributed by atoms with Gasteiger partial charge in [0.2, 0.25) is 5.95 Å². The molecule has 7 nitrogen and oxygen atoms in total. The first kappa shape index (κ1) is 17.9. The molecule has 1 heterocycles. The number of hydrogen-bond donors (Lipinski definition) is 3. The molecule has 1 aliphatic rings. The zero-order valence-electron chi connectivity index (χ0n) is 15.4. The minimum absolute atomic E-state index is 0.0398. The van der Waals surface area contributed by atoms with E-state index in [1.54, 1.807) is 6.20 Å². The van der Waals surface area contributed by atoms with Gasteiger partial charge in [0.1, 0.15) is 6.54 Å². The van der Waals surface area contributed by atoms with Crippen molar-refractivity contribution in [3.63, 3.8) is 0 Å². The topological polar surface area (TPSA) is 104 Å². The molecule has 0 atom stereocenters. The maximum atomic E-state index is 12.4. The monoisotopic (exact) mass is 376 g/mol. The zero-order valence-corrected chi connectivity index (χ0v) is 15.4. The van der Waals surface area contributed by atoms with E-state index in [2.05, 4.69) is 20.6 Å². The lowest BCUT2D eigenvalue weighted by molar-refractivity contribution is -0.134. The van der Waals surface area contributed by atoms with E-state index in [0.717, 1.165) is 34.9 Å². The number of aryl methyl sites for hydroxylation is 1. The Morgan fingerprint density at radius 2 is 2.00 bits per heavy atom. The molecule has 2 aromatic carbocycles. The summed E-state index contributed by atoms with van der Waals surface area (Å²) in [6.07, 6.45) is 3.77. The number of carboxylic acid groups (broad SMARTS) is 1. The molecule has 1 fully saturated rings. The number of fused-ring (bicyclic) bond motifs is 1. The van der Waals surface area contributed by atoms with Gasteiger partial charge in [0.05, 0.1) is 5.52 Å². The van der Waals surface area contributed by atoms with Crippen LogP contribution in [0.4, 0.5) is 5.95 Å². The molecule has 142 valence electrons. The van der Waals surface area contributed by atoms with Crippen molar-refractivity contribution in [2.75, 3.05) is 11.9 Å². The fraction of sp³-hybridized carbons (Fsp3) is 0.238. The summed E-state index contributed by atoms with van der Waals surface area (Å²) in [7, 11) is 0. The number of hydrogen-bond acceptors (Lipinski definition) is 5. The maximum absolute atomic E-state index is 12.4. The minimum atomic E-state index is -0.972. The zero-order chi connectivity index (χ0) is 19.7. The fourth-order valence-electron chi connectivity index (χ4n) is 3.01. The molecule has 28 heavy (non-hydrogen) atoms. The quantitative estimate of drug-likeness (QED) is 0.611. The van der Waals surface area contributed by atoms with Crippen LogP contribution in [0.5, 0.6) is 0 Å². The lowest BCUT2D eigenvalue weighted by Crippen LogP contribution is -2.25. The van der Waals surface area contributed by atoms with Crippen LogP contribution in [0.15, 0.2) is 42.6 Å². The van der Waals surface area contributed by atoms with E-state index in [1.165, 1.54) is 0 Å². The highest BCUT2D eigenvalue weighted by atomic mass is 16.4. The second kappa shape index (κ2) is 7.26. The van der Waals surface area contributed by atoms with E-state index in [9.17, 15) is 9.59 Å². The van der Waals surface area contributed by atoms with Crippen molar-refractivity contribution in [2.45, 2.75) is 25.8 Å². The van der Waals surface area contributed by atoms with Gasteiger partial charge in [0, 0.05) is 23.2 Å². The third-order valence-corrected chi connectivity index (χ3v) is 4.70. The van der Waals surface area contributed by atoms with Crippen LogP contribution < -0.4 is 10.6 Å². The Balaban J connectivity index is 1.63. The van der Waals surface area contributed by atoms with Gasteiger partial charge in [-0.15, -0.1) is 0 Å². The first-order valence-electron chi connectivity index (χ1n) is 9.14. The van der Waals surface area contributed by atoms with Gasteiger partial charge in [0.25, 0.3) is 5.91 Å². The first-order chi connectivity index (χ1) is 13.5. The summed E-state index contributed by atoms with van der Waals surface area (Å²) in [5, 5.41) is 15.3. The summed E-state index contributed by atoms with van der Waals surface area (Å²) in [5.41, 5.74) is 4.39. The Morgan fingerprint density at radius 1 is 1.18 bits per heavy atom. The predicted molar refractivity (Wildman–Crippen MR) is 106 cm³/mol. The third-order valence-electron chi connectivity index (χ3n) is 4.70. The molecule has 0 saturated heterocycles. The van der Waals surface area contributed by atoms with Gasteiger partial charge >= 0.3 is 5.97 Å². The Kier molecular flexibility index (Phi) is 4.65. The molecular weight excluding hydrogens is 356 g/mol. The predicted octanol–water partition coefficient (Wildman–Crippen LogP) is 2.99. The van der Waals surface area contributed by atoms with Crippen molar-refractivity contribution in [1.82, 2.24) is 15.3 Å². The summed E-state index contributed by atoms with van der Waals surface area (Å²) in [4.78, 5) is 31.5. The largest absolute Gasteiger partial charge is 0.480 e. The summed E-state index contributed by atoms with van der Waals surface area (Å²) in [5.74, 6) is -0.736. The molecule has 4 rings (SSSR count). The van der Waals surface area contributed by atoms with E-state index in [4.69, 9.17) is 5.11 Å². The average molecular weight is 376 g/mol. The number of aliphatic carboxylic acids is 1. The summed E-state index contributed by atoms with van der Waals surface area (Å²) >= 11 is 0. The smallest absolute Gasteiger partial charge is 0.322 e. The van der Waals surface area contributed by atoms with Crippen molar-refractivity contribution in [1.29, 1.82) is 0 Å². The Bertz CT molecular complexity index is 1080. The molecule has 3 aromatic rings. The number of amides is 1. The normalized spacial score (nSPS) is 13.3. The number of rotatable bonds is 6. The van der Waals surface area contributed by atoms with Gasteiger partial charge in [-0.3, -0.25) is 9.59 Å². The van der Waals surface area contributed by atoms with E-state index in [1.807, 2.05) is 43.3 Å². The second-order valence-corrected chi connectivity index (χ2v) is 6.99. The summed E-state index contributed by atoms with van der Waals surface area (Å²) in [6, 6.07) is 11.8. The molecule has 0 aliphatic heterocycles. The van der Waals surface area contributed by atoms with Crippen molar-refractivity contribution in [3.8, 4) is 11.1 Å². The molecule has 1 saturated carbocycles. The number of nitrogens with one attached hydrogen (secondary N) is 2. The number of carbonyl (C=O) groups excluding carboxylic acids is 1. The van der Waals surface area contributed by atoms with Gasteiger partial charge < -0.3 is 15.7 Å². The standard InChI is InChI=1S/C21H20N4O3/c1-12-2-3-14(20(28)24-16-5-6-16)9-17(12)13-4-7-18-15(8-13)10-22-21(25-18)23-11-19(26)27/h2-4,7-10,16H,5-6,11H2,1H3,(H,24,28)(H,26,27)(H,22,23,25). The maximum Gasteiger partial charge on any atom is 0.322 e. The molecule has 0 radical (unpaired) electrons. The molecular formula is C21H20N4O3. The molecule has 1 aromatic heterocycles. The van der Waals surface area contributed by atoms with E-state index < -0.39 is 5.97 Å². The minimum Gasteiger partial charge on any atom is -0.480 e. The van der Waals surface area contributed by atoms with Gasteiger partial charge in [-0.05, 0) is 60.7 Å². The summed E-state index contributed by atoms with van der Waals surface area (Å²) in [6.45, 7) is 1.77. The van der Waals surface area contributed by atoms with Gasteiger partial charge in [-0.1, -0.05) is 12.1 Å². The molecule has 0 unspecified atom stereocenters. The van der Waals surface area contributed by atoms with Crippen LogP contribution >= 0.6 is 0 Å². The van der Waals surface area contributed by atoms with Gasteiger partial charge in [-0.2, -0.15) is 0 Å². The lowest BCUT2D eigenvalue weighted by atomic mass is 9.97. The molecule has 3 N–H and O–H groups in total. The second-order valence-electron chi connectivity index (χ2n) is 6.99. The van der Waals surface area contributed by atoms with Crippen LogP contribution in [0, 0.1) is 6.92 Å². The number of carboxylic acids is 1. The number of carbonyl (C=O) groups is 2. The van der Waals surface area contributed by atoms with Crippen molar-refractivity contribution < 1.29 is 14.7 Å². The van der Waals surface area contributed by atoms with Crippen LogP contribution in [0.1, 0.15) is 28.8 Å². The van der Waals surface area contributed by atoms with Crippen molar-refractivity contribution in [3.05, 3.63) is 53.7 Å². The SMILES string of the molecule is Cc1ccc(C(=O)NC2CC2)cc1-c1ccc2nc(NCC(=O)O)ncc2c1. The lowest BCUT2D eigenvalue weighted by Gasteiger charge is -2.11. The van der Waals surface area contributed by atoms with Gasteiger partial charge in [0.15, 0.2) is 0 Å². The van der Waals surface area contributed by atoms with E-state index in [-0.39, 0.29) is 18.4 Å². The number of benzene rings is 2. The Hall–Kier alpha value is -3.48. The van der Waals surface area contributed by atoms with E-state index in [0.29, 0.717) is 17.1 Å². The third kappa shape index (κ3) is 3.93. The average Bonchev–Trinajstić information content (AvgIpc) is 3.50. The molecule has 0 bridgehead atoms. The van der Waals surface area contributed by atoms with Crippen LogP contribution in [-0.4, -0.2) is 39.5 Å². The number of anilines is 1. The Labute approximate surface area is 161 Å².